The summed E-state index contributed by atoms with van der Waals surface area (Å²) < 4.78 is 12.0. The highest BCUT2D eigenvalue weighted by atomic mass is 16.5. The molecular weight excluding hydrogens is 464 g/mol. The van der Waals surface area contributed by atoms with E-state index < -0.39 is 0 Å². The second-order valence-corrected chi connectivity index (χ2v) is 8.50. The summed E-state index contributed by atoms with van der Waals surface area (Å²) in [5.41, 5.74) is 4.51. The summed E-state index contributed by atoms with van der Waals surface area (Å²) in [7, 11) is 3.20. The van der Waals surface area contributed by atoms with Crippen molar-refractivity contribution in [2.24, 2.45) is 0 Å². The van der Waals surface area contributed by atoms with Gasteiger partial charge in [-0.25, -0.2) is 4.68 Å². The van der Waals surface area contributed by atoms with Gasteiger partial charge in [0.15, 0.2) is 5.78 Å². The van der Waals surface area contributed by atoms with Crippen LogP contribution in [0.1, 0.15) is 43.2 Å². The molecule has 0 bridgehead atoms. The fraction of sp³-hybridized carbons (Fsp3) is 0.129. The minimum Gasteiger partial charge on any atom is -0.497 e. The standard InChI is InChI=1S/C31H28N2O4/c1-21-5-13-25(14-6-21)33-22(2)30(28(34)19-11-23-7-15-26(36-3)16-8-23)31(32-33)29(35)20-12-24-9-17-27(37-4)18-10-24/h5-20H,1-4H3/b19-11+,20-12+. The maximum atomic E-state index is 13.4. The molecule has 1 aromatic heterocycles. The van der Waals surface area contributed by atoms with Gasteiger partial charge in [-0.1, -0.05) is 54.1 Å². The monoisotopic (exact) mass is 492 g/mol. The SMILES string of the molecule is COc1ccc(/C=C/C(=O)c2nn(-c3ccc(C)cc3)c(C)c2C(=O)/C=C/c2ccc(OC)cc2)cc1. The fourth-order valence-electron chi connectivity index (χ4n) is 3.84. The highest BCUT2D eigenvalue weighted by molar-refractivity contribution is 6.17. The Morgan fingerprint density at radius 2 is 1.19 bits per heavy atom. The molecule has 37 heavy (non-hydrogen) atoms. The zero-order valence-corrected chi connectivity index (χ0v) is 21.3. The molecule has 6 heteroatoms. The van der Waals surface area contributed by atoms with E-state index in [1.165, 1.54) is 12.2 Å². The third kappa shape index (κ3) is 5.93. The van der Waals surface area contributed by atoms with Crippen molar-refractivity contribution in [3.63, 3.8) is 0 Å². The van der Waals surface area contributed by atoms with Crippen molar-refractivity contribution >= 4 is 23.7 Å². The molecule has 0 aliphatic heterocycles. The molecule has 0 saturated carbocycles. The van der Waals surface area contributed by atoms with Gasteiger partial charge < -0.3 is 9.47 Å². The first-order chi connectivity index (χ1) is 17.9. The normalized spacial score (nSPS) is 11.2. The number of aromatic nitrogens is 2. The summed E-state index contributed by atoms with van der Waals surface area (Å²) in [4.78, 5) is 26.7. The summed E-state index contributed by atoms with van der Waals surface area (Å²) in [6.07, 6.45) is 6.32. The van der Waals surface area contributed by atoms with Crippen LogP contribution in [-0.2, 0) is 0 Å². The molecule has 0 aliphatic rings. The number of ether oxygens (including phenoxy) is 2. The number of hydrogen-bond acceptors (Lipinski definition) is 5. The maximum Gasteiger partial charge on any atom is 0.206 e. The second kappa shape index (κ2) is 11.4. The quantitative estimate of drug-likeness (QED) is 0.203. The van der Waals surface area contributed by atoms with Gasteiger partial charge in [0.1, 0.15) is 17.2 Å². The lowest BCUT2D eigenvalue weighted by Gasteiger charge is -2.05. The van der Waals surface area contributed by atoms with Crippen LogP contribution in [-0.4, -0.2) is 35.6 Å². The van der Waals surface area contributed by atoms with E-state index in [-0.39, 0.29) is 22.8 Å². The zero-order valence-electron chi connectivity index (χ0n) is 21.3. The van der Waals surface area contributed by atoms with Crippen molar-refractivity contribution in [3.05, 3.63) is 119 Å². The number of rotatable bonds is 9. The summed E-state index contributed by atoms with van der Waals surface area (Å²) >= 11 is 0. The van der Waals surface area contributed by atoms with Crippen LogP contribution in [0.15, 0.2) is 84.9 Å². The van der Waals surface area contributed by atoms with Crippen molar-refractivity contribution in [2.45, 2.75) is 13.8 Å². The average molecular weight is 493 g/mol. The minimum absolute atomic E-state index is 0.104. The van der Waals surface area contributed by atoms with E-state index in [0.717, 1.165) is 33.9 Å². The highest BCUT2D eigenvalue weighted by Crippen LogP contribution is 2.22. The molecule has 4 rings (SSSR count). The zero-order chi connectivity index (χ0) is 26.4. The molecule has 0 fully saturated rings. The highest BCUT2D eigenvalue weighted by Gasteiger charge is 2.24. The first-order valence-corrected chi connectivity index (χ1v) is 11.8. The predicted molar refractivity (Wildman–Crippen MR) is 146 cm³/mol. The summed E-state index contributed by atoms with van der Waals surface area (Å²) in [6.45, 7) is 3.79. The van der Waals surface area contributed by atoms with Crippen LogP contribution in [0.2, 0.25) is 0 Å². The Bertz CT molecular complexity index is 1460. The molecule has 186 valence electrons. The largest absolute Gasteiger partial charge is 0.497 e. The number of ketones is 2. The molecule has 4 aromatic rings. The fourth-order valence-corrected chi connectivity index (χ4v) is 3.84. The van der Waals surface area contributed by atoms with Gasteiger partial charge in [-0.2, -0.15) is 5.10 Å². The Hall–Kier alpha value is -4.71. The van der Waals surface area contributed by atoms with E-state index in [9.17, 15) is 9.59 Å². The second-order valence-electron chi connectivity index (χ2n) is 8.50. The lowest BCUT2D eigenvalue weighted by atomic mass is 10.0. The van der Waals surface area contributed by atoms with Gasteiger partial charge in [0.05, 0.1) is 31.2 Å². The number of carbonyl (C=O) groups excluding carboxylic acids is 2. The van der Waals surface area contributed by atoms with Gasteiger partial charge in [0.2, 0.25) is 5.78 Å². The number of hydrogen-bond donors (Lipinski definition) is 0. The van der Waals surface area contributed by atoms with Crippen molar-refractivity contribution in [2.75, 3.05) is 14.2 Å². The van der Waals surface area contributed by atoms with Crippen molar-refractivity contribution in [1.29, 1.82) is 0 Å². The van der Waals surface area contributed by atoms with Crippen LogP contribution in [0.3, 0.4) is 0 Å². The molecule has 6 nitrogen and oxygen atoms in total. The van der Waals surface area contributed by atoms with Gasteiger partial charge in [0, 0.05) is 0 Å². The molecule has 0 unspecified atom stereocenters. The molecule has 0 atom stereocenters. The van der Waals surface area contributed by atoms with E-state index in [2.05, 4.69) is 5.10 Å². The molecule has 0 N–H and O–H groups in total. The van der Waals surface area contributed by atoms with E-state index in [0.29, 0.717) is 5.69 Å². The van der Waals surface area contributed by atoms with Crippen molar-refractivity contribution in [1.82, 2.24) is 9.78 Å². The Labute approximate surface area is 216 Å². The Morgan fingerprint density at radius 1 is 0.703 bits per heavy atom. The molecular formula is C31H28N2O4. The maximum absolute atomic E-state index is 13.4. The predicted octanol–water partition coefficient (Wildman–Crippen LogP) is 6.30. The van der Waals surface area contributed by atoms with Crippen LogP contribution in [0.25, 0.3) is 17.8 Å². The third-order valence-electron chi connectivity index (χ3n) is 5.96. The summed E-state index contributed by atoms with van der Waals surface area (Å²) in [5.74, 6) is 0.807. The van der Waals surface area contributed by atoms with Crippen LogP contribution < -0.4 is 9.47 Å². The van der Waals surface area contributed by atoms with Crippen LogP contribution in [0, 0.1) is 13.8 Å². The first-order valence-electron chi connectivity index (χ1n) is 11.8. The third-order valence-corrected chi connectivity index (χ3v) is 5.96. The van der Waals surface area contributed by atoms with Gasteiger partial charge >= 0.3 is 0 Å². The van der Waals surface area contributed by atoms with E-state index in [4.69, 9.17) is 9.47 Å². The van der Waals surface area contributed by atoms with Crippen LogP contribution in [0.5, 0.6) is 11.5 Å². The number of aryl methyl sites for hydroxylation is 1. The topological polar surface area (TPSA) is 70.4 Å². The lowest BCUT2D eigenvalue weighted by Crippen LogP contribution is -2.05. The summed E-state index contributed by atoms with van der Waals surface area (Å²) in [6, 6.07) is 22.5. The number of benzene rings is 3. The number of allylic oxidation sites excluding steroid dienone is 2. The van der Waals surface area contributed by atoms with Gasteiger partial charge in [-0.3, -0.25) is 9.59 Å². The number of nitrogens with zero attached hydrogens (tertiary/aromatic N) is 2. The van der Waals surface area contributed by atoms with E-state index >= 15 is 0 Å². The number of carbonyl (C=O) groups is 2. The molecule has 0 amide bonds. The Morgan fingerprint density at radius 3 is 1.68 bits per heavy atom. The van der Waals surface area contributed by atoms with Gasteiger partial charge in [-0.15, -0.1) is 0 Å². The molecule has 0 spiro atoms. The van der Waals surface area contributed by atoms with E-state index in [1.54, 1.807) is 38.0 Å². The van der Waals surface area contributed by atoms with Gasteiger partial charge in [-0.05, 0) is 73.5 Å². The van der Waals surface area contributed by atoms with Crippen molar-refractivity contribution in [3.8, 4) is 17.2 Å². The van der Waals surface area contributed by atoms with E-state index in [1.807, 2.05) is 79.7 Å². The average Bonchev–Trinajstić information content (AvgIpc) is 3.28. The van der Waals surface area contributed by atoms with Crippen molar-refractivity contribution < 1.29 is 19.1 Å². The molecule has 3 aromatic carbocycles. The minimum atomic E-state index is -0.356. The Kier molecular flexibility index (Phi) is 7.79. The molecule has 0 aliphatic carbocycles. The summed E-state index contributed by atoms with van der Waals surface area (Å²) in [5, 5.41) is 4.57. The lowest BCUT2D eigenvalue weighted by molar-refractivity contribution is 0.101. The molecule has 0 saturated heterocycles. The smallest absolute Gasteiger partial charge is 0.206 e. The van der Waals surface area contributed by atoms with Crippen LogP contribution >= 0.6 is 0 Å². The molecule has 0 radical (unpaired) electrons. The first kappa shape index (κ1) is 25.4. The molecule has 1 heterocycles. The van der Waals surface area contributed by atoms with Gasteiger partial charge in [0.25, 0.3) is 0 Å². The van der Waals surface area contributed by atoms with Crippen LogP contribution in [0.4, 0.5) is 0 Å². The number of methoxy groups -OCH3 is 2. The Balaban J connectivity index is 1.70.